The molecule has 2 aromatic heterocycles. The van der Waals surface area contributed by atoms with E-state index in [9.17, 15) is 9.59 Å². The summed E-state index contributed by atoms with van der Waals surface area (Å²) < 4.78 is 1.61. The lowest BCUT2D eigenvalue weighted by molar-refractivity contribution is 0.0953. The van der Waals surface area contributed by atoms with E-state index in [0.717, 1.165) is 18.4 Å². The third kappa shape index (κ3) is 3.25. The number of rotatable bonds is 5. The van der Waals surface area contributed by atoms with Gasteiger partial charge in [0.2, 0.25) is 0 Å². The SMILES string of the molecule is CCCCNC(=O)c1ccc2c(=O)nc3c(-c4ccc(Cl)cc4)n[nH]n3c2c1. The number of carbonyl (C=O) groups excluding carboxylic acids is 1. The number of aromatic nitrogens is 4. The van der Waals surface area contributed by atoms with Crippen molar-refractivity contribution < 1.29 is 4.79 Å². The molecule has 0 saturated heterocycles. The van der Waals surface area contributed by atoms with Gasteiger partial charge in [0.1, 0.15) is 5.69 Å². The number of hydrogen-bond acceptors (Lipinski definition) is 4. The maximum atomic E-state index is 12.5. The zero-order valence-electron chi connectivity index (χ0n) is 15.2. The first-order valence-corrected chi connectivity index (χ1v) is 9.41. The molecule has 0 spiro atoms. The molecule has 2 heterocycles. The van der Waals surface area contributed by atoms with E-state index in [-0.39, 0.29) is 11.5 Å². The van der Waals surface area contributed by atoms with Gasteiger partial charge in [0.15, 0.2) is 5.65 Å². The number of hydrogen-bond donors (Lipinski definition) is 2. The molecular formula is C20H18ClN5O2. The Morgan fingerprint density at radius 1 is 1.21 bits per heavy atom. The van der Waals surface area contributed by atoms with Crippen molar-refractivity contribution in [2.75, 3.05) is 6.54 Å². The Balaban J connectivity index is 1.84. The molecule has 0 atom stereocenters. The van der Waals surface area contributed by atoms with E-state index in [2.05, 4.69) is 27.5 Å². The molecular weight excluding hydrogens is 378 g/mol. The van der Waals surface area contributed by atoms with Gasteiger partial charge in [-0.3, -0.25) is 9.59 Å². The largest absolute Gasteiger partial charge is 0.352 e. The summed E-state index contributed by atoms with van der Waals surface area (Å²) >= 11 is 5.95. The van der Waals surface area contributed by atoms with Crippen LogP contribution < -0.4 is 10.9 Å². The van der Waals surface area contributed by atoms with Gasteiger partial charge in [0.25, 0.3) is 11.5 Å². The Morgan fingerprint density at radius 2 is 2.00 bits per heavy atom. The maximum absolute atomic E-state index is 12.5. The van der Waals surface area contributed by atoms with Gasteiger partial charge >= 0.3 is 0 Å². The second-order valence-corrected chi connectivity index (χ2v) is 6.92. The third-order valence-electron chi connectivity index (χ3n) is 4.56. The smallest absolute Gasteiger partial charge is 0.281 e. The number of amides is 1. The standard InChI is InChI=1S/C20H18ClN5O2/c1-2-3-10-22-19(27)13-6-9-15-16(11-13)26-18(23-20(15)28)17(24-25-26)12-4-7-14(21)8-5-12/h4-9,11,25H,2-3,10H2,1H3,(H,22,27). The lowest BCUT2D eigenvalue weighted by Gasteiger charge is -2.06. The molecule has 2 aromatic carbocycles. The molecule has 4 aromatic rings. The van der Waals surface area contributed by atoms with E-state index in [4.69, 9.17) is 11.6 Å². The van der Waals surface area contributed by atoms with Crippen LogP contribution in [-0.2, 0) is 0 Å². The highest BCUT2D eigenvalue weighted by Gasteiger charge is 2.15. The molecule has 0 unspecified atom stereocenters. The Labute approximate surface area is 165 Å². The molecule has 8 heteroatoms. The molecule has 0 fully saturated rings. The van der Waals surface area contributed by atoms with E-state index in [1.54, 1.807) is 34.8 Å². The van der Waals surface area contributed by atoms with Crippen molar-refractivity contribution in [1.29, 1.82) is 0 Å². The summed E-state index contributed by atoms with van der Waals surface area (Å²) in [5.74, 6) is -0.175. The van der Waals surface area contributed by atoms with Gasteiger partial charge in [0.05, 0.1) is 10.9 Å². The maximum Gasteiger partial charge on any atom is 0.281 e. The minimum absolute atomic E-state index is 0.175. The van der Waals surface area contributed by atoms with E-state index in [1.807, 2.05) is 12.1 Å². The van der Waals surface area contributed by atoms with Crippen LogP contribution in [0.15, 0.2) is 47.3 Å². The fraction of sp³-hybridized carbons (Fsp3) is 0.200. The number of benzene rings is 2. The highest BCUT2D eigenvalue weighted by Crippen LogP contribution is 2.24. The van der Waals surface area contributed by atoms with Gasteiger partial charge in [-0.15, -0.1) is 0 Å². The summed E-state index contributed by atoms with van der Waals surface area (Å²) in [4.78, 5) is 29.1. The van der Waals surface area contributed by atoms with Gasteiger partial charge in [-0.05, 0) is 36.8 Å². The summed E-state index contributed by atoms with van der Waals surface area (Å²) in [6, 6.07) is 12.1. The van der Waals surface area contributed by atoms with Crippen molar-refractivity contribution in [3.8, 4) is 11.3 Å². The van der Waals surface area contributed by atoms with Gasteiger partial charge in [-0.1, -0.05) is 37.1 Å². The van der Waals surface area contributed by atoms with Gasteiger partial charge in [0, 0.05) is 22.7 Å². The topological polar surface area (TPSA) is 92.2 Å². The second kappa shape index (κ2) is 7.44. The molecule has 142 valence electrons. The fourth-order valence-electron chi connectivity index (χ4n) is 3.05. The Hall–Kier alpha value is -3.19. The number of aromatic amines is 1. The van der Waals surface area contributed by atoms with Crippen LogP contribution in [0.25, 0.3) is 27.8 Å². The highest BCUT2D eigenvalue weighted by atomic mass is 35.5. The zero-order valence-corrected chi connectivity index (χ0v) is 16.0. The number of nitrogens with zero attached hydrogens (tertiary/aromatic N) is 3. The van der Waals surface area contributed by atoms with Crippen LogP contribution in [0.1, 0.15) is 30.1 Å². The Kier molecular flexibility index (Phi) is 4.83. The van der Waals surface area contributed by atoms with Crippen LogP contribution in [0.5, 0.6) is 0 Å². The summed E-state index contributed by atoms with van der Waals surface area (Å²) in [7, 11) is 0. The van der Waals surface area contributed by atoms with Gasteiger partial charge in [-0.2, -0.15) is 10.1 Å². The minimum Gasteiger partial charge on any atom is -0.352 e. The van der Waals surface area contributed by atoms with Crippen LogP contribution in [-0.4, -0.2) is 32.3 Å². The molecule has 0 aliphatic rings. The molecule has 28 heavy (non-hydrogen) atoms. The first-order valence-electron chi connectivity index (χ1n) is 9.03. The average molecular weight is 396 g/mol. The lowest BCUT2D eigenvalue weighted by Crippen LogP contribution is -2.24. The van der Waals surface area contributed by atoms with E-state index in [0.29, 0.717) is 39.4 Å². The molecule has 0 aliphatic heterocycles. The molecule has 0 bridgehead atoms. The van der Waals surface area contributed by atoms with Crippen LogP contribution in [0.3, 0.4) is 0 Å². The number of carbonyl (C=O) groups is 1. The number of halogens is 1. The summed E-state index contributed by atoms with van der Waals surface area (Å²) in [5.41, 5.74) is 2.36. The van der Waals surface area contributed by atoms with Crippen LogP contribution >= 0.6 is 11.6 Å². The first-order chi connectivity index (χ1) is 13.6. The molecule has 1 amide bonds. The molecule has 0 saturated carbocycles. The van der Waals surface area contributed by atoms with Crippen molar-refractivity contribution in [2.24, 2.45) is 0 Å². The highest BCUT2D eigenvalue weighted by molar-refractivity contribution is 6.30. The van der Waals surface area contributed by atoms with Crippen molar-refractivity contribution >= 4 is 34.1 Å². The average Bonchev–Trinajstić information content (AvgIpc) is 3.12. The molecule has 0 radical (unpaired) electrons. The van der Waals surface area contributed by atoms with E-state index < -0.39 is 0 Å². The Bertz CT molecular complexity index is 1230. The predicted octanol–water partition coefficient (Wildman–Crippen LogP) is 3.42. The molecule has 4 rings (SSSR count). The van der Waals surface area contributed by atoms with Gasteiger partial charge < -0.3 is 5.32 Å². The fourth-order valence-corrected chi connectivity index (χ4v) is 3.18. The van der Waals surface area contributed by atoms with Crippen molar-refractivity contribution in [3.63, 3.8) is 0 Å². The van der Waals surface area contributed by atoms with Crippen LogP contribution in [0.2, 0.25) is 5.02 Å². The summed E-state index contributed by atoms with van der Waals surface area (Å²) in [5, 5.41) is 11.1. The minimum atomic E-state index is -0.371. The lowest BCUT2D eigenvalue weighted by atomic mass is 10.1. The molecule has 2 N–H and O–H groups in total. The number of nitrogens with one attached hydrogen (secondary N) is 2. The van der Waals surface area contributed by atoms with E-state index >= 15 is 0 Å². The predicted molar refractivity (Wildman–Crippen MR) is 109 cm³/mol. The van der Waals surface area contributed by atoms with Crippen molar-refractivity contribution in [3.05, 3.63) is 63.4 Å². The van der Waals surface area contributed by atoms with Crippen LogP contribution in [0.4, 0.5) is 0 Å². The van der Waals surface area contributed by atoms with Crippen molar-refractivity contribution in [1.82, 2.24) is 25.1 Å². The Morgan fingerprint density at radius 3 is 2.75 bits per heavy atom. The zero-order chi connectivity index (χ0) is 19.7. The number of H-pyrrole nitrogens is 1. The van der Waals surface area contributed by atoms with Gasteiger partial charge in [-0.25, -0.2) is 9.73 Å². The third-order valence-corrected chi connectivity index (χ3v) is 4.81. The molecule has 7 nitrogen and oxygen atoms in total. The first kappa shape index (κ1) is 18.2. The van der Waals surface area contributed by atoms with Crippen LogP contribution in [0, 0.1) is 0 Å². The number of unbranched alkanes of at least 4 members (excludes halogenated alkanes) is 1. The second-order valence-electron chi connectivity index (χ2n) is 6.48. The number of fused-ring (bicyclic) bond motifs is 3. The molecule has 0 aliphatic carbocycles. The summed E-state index contributed by atoms with van der Waals surface area (Å²) in [6.07, 6.45) is 1.92. The monoisotopic (exact) mass is 395 g/mol. The summed E-state index contributed by atoms with van der Waals surface area (Å²) in [6.45, 7) is 2.68. The quantitative estimate of drug-likeness (QED) is 0.506. The normalized spacial score (nSPS) is 11.2. The van der Waals surface area contributed by atoms with E-state index in [1.165, 1.54) is 0 Å². The van der Waals surface area contributed by atoms with Crippen molar-refractivity contribution in [2.45, 2.75) is 19.8 Å².